The average molecular weight is 602 g/mol. The Morgan fingerprint density at radius 1 is 0.786 bits per heavy atom. The first-order valence-corrected chi connectivity index (χ1v) is 14.1. The van der Waals surface area contributed by atoms with Gasteiger partial charge in [-0.05, 0) is 78.4 Å². The second-order valence-corrected chi connectivity index (χ2v) is 10.3. The molecule has 10 heteroatoms. The van der Waals surface area contributed by atoms with E-state index >= 15 is 0 Å². The summed E-state index contributed by atoms with van der Waals surface area (Å²) in [6.45, 7) is 0. The Balaban J connectivity index is 1.45. The van der Waals surface area contributed by atoms with E-state index in [9.17, 15) is 14.4 Å². The van der Waals surface area contributed by atoms with Gasteiger partial charge in [-0.3, -0.25) is 14.4 Å². The van der Waals surface area contributed by atoms with E-state index in [2.05, 4.69) is 16.0 Å². The van der Waals surface area contributed by atoms with Crippen molar-refractivity contribution in [3.63, 3.8) is 0 Å². The Hall–Kier alpha value is -4.73. The molecule has 0 spiro atoms. The van der Waals surface area contributed by atoms with Gasteiger partial charge in [-0.25, -0.2) is 0 Å². The van der Waals surface area contributed by atoms with Gasteiger partial charge in [-0.1, -0.05) is 41.9 Å². The third kappa shape index (κ3) is 8.63. The molecule has 42 heavy (non-hydrogen) atoms. The van der Waals surface area contributed by atoms with E-state index in [4.69, 9.17) is 21.1 Å². The molecule has 0 saturated heterocycles. The number of ether oxygens (including phenoxy) is 2. The van der Waals surface area contributed by atoms with Crippen molar-refractivity contribution in [3.8, 4) is 11.5 Å². The molecule has 0 unspecified atom stereocenters. The first-order chi connectivity index (χ1) is 20.3. The van der Waals surface area contributed by atoms with Crippen molar-refractivity contribution in [2.24, 2.45) is 0 Å². The molecule has 4 aromatic carbocycles. The van der Waals surface area contributed by atoms with Gasteiger partial charge in [-0.15, -0.1) is 11.8 Å². The lowest BCUT2D eigenvalue weighted by atomic mass is 10.1. The van der Waals surface area contributed by atoms with Crippen LogP contribution in [0.4, 0.5) is 11.4 Å². The fraction of sp³-hybridized carbons (Fsp3) is 0.0938. The quantitative estimate of drug-likeness (QED) is 0.134. The molecule has 0 aliphatic carbocycles. The fourth-order valence-electron chi connectivity index (χ4n) is 3.80. The topological polar surface area (TPSA) is 106 Å². The molecule has 0 fully saturated rings. The molecule has 0 radical (unpaired) electrons. The molecule has 0 bridgehead atoms. The Bertz CT molecular complexity index is 1590. The van der Waals surface area contributed by atoms with Crippen LogP contribution in [0, 0.1) is 0 Å². The summed E-state index contributed by atoms with van der Waals surface area (Å²) in [5, 5.41) is 8.89. The van der Waals surface area contributed by atoms with E-state index < -0.39 is 11.8 Å². The van der Waals surface area contributed by atoms with Crippen LogP contribution in [0.3, 0.4) is 0 Å². The SMILES string of the molecule is COc1ccc(/C=C(\NC(=O)c2ccccc2)C(=O)Nc2ccc(SCC(=O)Nc3cccc(Cl)c3)cc2)cc1OC. The highest BCUT2D eigenvalue weighted by Gasteiger charge is 2.16. The average Bonchev–Trinajstić information content (AvgIpc) is 3.00. The molecule has 0 saturated carbocycles. The zero-order chi connectivity index (χ0) is 29.9. The minimum atomic E-state index is -0.518. The zero-order valence-electron chi connectivity index (χ0n) is 22.8. The Morgan fingerprint density at radius 2 is 1.52 bits per heavy atom. The highest BCUT2D eigenvalue weighted by atomic mass is 35.5. The predicted molar refractivity (Wildman–Crippen MR) is 167 cm³/mol. The molecular weight excluding hydrogens is 574 g/mol. The maximum absolute atomic E-state index is 13.3. The minimum absolute atomic E-state index is 0.0345. The van der Waals surface area contributed by atoms with Gasteiger partial charge in [-0.2, -0.15) is 0 Å². The number of halogens is 1. The molecule has 3 N–H and O–H groups in total. The number of carbonyl (C=O) groups is 3. The molecule has 0 heterocycles. The maximum atomic E-state index is 13.3. The summed E-state index contributed by atoms with van der Waals surface area (Å²) in [5.41, 5.74) is 2.20. The third-order valence-corrected chi connectivity index (χ3v) is 7.09. The molecule has 8 nitrogen and oxygen atoms in total. The van der Waals surface area contributed by atoms with Crippen molar-refractivity contribution in [1.29, 1.82) is 0 Å². The van der Waals surface area contributed by atoms with Crippen molar-refractivity contribution in [3.05, 3.63) is 119 Å². The van der Waals surface area contributed by atoms with Gasteiger partial charge in [0, 0.05) is 26.9 Å². The molecule has 4 aromatic rings. The van der Waals surface area contributed by atoms with E-state index in [1.54, 1.807) is 103 Å². The number of hydrogen-bond acceptors (Lipinski definition) is 6. The summed E-state index contributed by atoms with van der Waals surface area (Å²) in [4.78, 5) is 39.4. The van der Waals surface area contributed by atoms with Gasteiger partial charge < -0.3 is 25.4 Å². The van der Waals surface area contributed by atoms with Crippen molar-refractivity contribution in [2.45, 2.75) is 4.90 Å². The second-order valence-electron chi connectivity index (χ2n) is 8.82. The van der Waals surface area contributed by atoms with Gasteiger partial charge in [0.1, 0.15) is 5.70 Å². The van der Waals surface area contributed by atoms with Crippen LogP contribution in [-0.4, -0.2) is 37.7 Å². The standard InChI is InChI=1S/C32H28ClN3O5S/c1-40-28-16-11-21(18-29(28)41-2)17-27(36-31(38)22-7-4-3-5-8-22)32(39)35-24-12-14-26(15-13-24)42-20-30(37)34-25-10-6-9-23(33)19-25/h3-19H,20H2,1-2H3,(H,34,37)(H,35,39)(H,36,38)/b27-17-. The van der Waals surface area contributed by atoms with Crippen molar-refractivity contribution in [1.82, 2.24) is 5.32 Å². The molecule has 0 atom stereocenters. The van der Waals surface area contributed by atoms with Crippen LogP contribution in [0.2, 0.25) is 5.02 Å². The maximum Gasteiger partial charge on any atom is 0.272 e. The van der Waals surface area contributed by atoms with E-state index in [1.165, 1.54) is 26.0 Å². The van der Waals surface area contributed by atoms with E-state index in [-0.39, 0.29) is 17.4 Å². The number of carbonyl (C=O) groups excluding carboxylic acids is 3. The molecule has 0 aromatic heterocycles. The van der Waals surface area contributed by atoms with Crippen LogP contribution in [0.5, 0.6) is 11.5 Å². The number of thioether (sulfide) groups is 1. The van der Waals surface area contributed by atoms with Crippen LogP contribution in [0.1, 0.15) is 15.9 Å². The van der Waals surface area contributed by atoms with Gasteiger partial charge in [0.15, 0.2) is 11.5 Å². The summed E-state index contributed by atoms with van der Waals surface area (Å²) in [5.74, 6) is 0.0973. The smallest absolute Gasteiger partial charge is 0.272 e. The number of benzene rings is 4. The van der Waals surface area contributed by atoms with Crippen molar-refractivity contribution < 1.29 is 23.9 Å². The molecule has 3 amide bonds. The zero-order valence-corrected chi connectivity index (χ0v) is 24.4. The minimum Gasteiger partial charge on any atom is -0.493 e. The molecular formula is C32H28ClN3O5S. The second kappa shape index (κ2) is 14.8. The first-order valence-electron chi connectivity index (χ1n) is 12.7. The van der Waals surface area contributed by atoms with Crippen molar-refractivity contribution in [2.75, 3.05) is 30.6 Å². The van der Waals surface area contributed by atoms with E-state index in [0.29, 0.717) is 39.0 Å². The highest BCUT2D eigenvalue weighted by molar-refractivity contribution is 8.00. The number of hydrogen-bond donors (Lipinski definition) is 3. The summed E-state index contributed by atoms with van der Waals surface area (Å²) in [6, 6.07) is 27.8. The van der Waals surface area contributed by atoms with Crippen LogP contribution >= 0.6 is 23.4 Å². The number of anilines is 2. The lowest BCUT2D eigenvalue weighted by Crippen LogP contribution is -2.30. The summed E-state index contributed by atoms with van der Waals surface area (Å²) in [6.07, 6.45) is 1.56. The summed E-state index contributed by atoms with van der Waals surface area (Å²) in [7, 11) is 3.05. The number of methoxy groups -OCH3 is 2. The number of nitrogens with one attached hydrogen (secondary N) is 3. The molecule has 4 rings (SSSR count). The van der Waals surface area contributed by atoms with Crippen LogP contribution in [0.15, 0.2) is 108 Å². The third-order valence-electron chi connectivity index (χ3n) is 5.84. The van der Waals surface area contributed by atoms with Gasteiger partial charge in [0.25, 0.3) is 11.8 Å². The van der Waals surface area contributed by atoms with Gasteiger partial charge in [0.2, 0.25) is 5.91 Å². The number of rotatable bonds is 11. The first kappa shape index (κ1) is 30.2. The summed E-state index contributed by atoms with van der Waals surface area (Å²) >= 11 is 7.32. The predicted octanol–water partition coefficient (Wildman–Crippen LogP) is 6.50. The van der Waals surface area contributed by atoms with Crippen LogP contribution < -0.4 is 25.4 Å². The van der Waals surface area contributed by atoms with E-state index in [1.807, 2.05) is 0 Å². The van der Waals surface area contributed by atoms with Gasteiger partial charge in [0.05, 0.1) is 20.0 Å². The van der Waals surface area contributed by atoms with Crippen LogP contribution in [0.25, 0.3) is 6.08 Å². The molecule has 0 aliphatic rings. The van der Waals surface area contributed by atoms with Crippen molar-refractivity contribution >= 4 is 58.5 Å². The lowest BCUT2D eigenvalue weighted by molar-refractivity contribution is -0.114. The largest absolute Gasteiger partial charge is 0.493 e. The Labute approximate surface area is 253 Å². The van der Waals surface area contributed by atoms with Crippen LogP contribution in [-0.2, 0) is 9.59 Å². The molecule has 0 aliphatic heterocycles. The normalized spacial score (nSPS) is 10.9. The Morgan fingerprint density at radius 3 is 2.21 bits per heavy atom. The lowest BCUT2D eigenvalue weighted by Gasteiger charge is -2.13. The fourth-order valence-corrected chi connectivity index (χ4v) is 4.69. The molecule has 214 valence electrons. The number of amides is 3. The highest BCUT2D eigenvalue weighted by Crippen LogP contribution is 2.28. The summed E-state index contributed by atoms with van der Waals surface area (Å²) < 4.78 is 10.7. The Kier molecular flexibility index (Phi) is 10.6. The van der Waals surface area contributed by atoms with E-state index in [0.717, 1.165) is 4.90 Å². The monoisotopic (exact) mass is 601 g/mol. The van der Waals surface area contributed by atoms with Gasteiger partial charge >= 0.3 is 0 Å².